The van der Waals surface area contributed by atoms with Crippen molar-refractivity contribution in [2.45, 2.75) is 32.6 Å². The monoisotopic (exact) mass is 257 g/mol. The van der Waals surface area contributed by atoms with Gasteiger partial charge in [-0.2, -0.15) is 0 Å². The van der Waals surface area contributed by atoms with Gasteiger partial charge in [0.1, 0.15) is 0 Å². The van der Waals surface area contributed by atoms with E-state index >= 15 is 0 Å². The summed E-state index contributed by atoms with van der Waals surface area (Å²) >= 11 is 1.76. The van der Waals surface area contributed by atoms with Crippen molar-refractivity contribution in [2.24, 2.45) is 0 Å². The minimum atomic E-state index is 0. The van der Waals surface area contributed by atoms with Crippen molar-refractivity contribution in [1.29, 1.82) is 0 Å². The molecule has 0 amide bonds. The number of hydrogen-bond donors (Lipinski definition) is 0. The SMILES string of the molecule is CCCCCC[O][Ti].Cl.Cl.Cl. The van der Waals surface area contributed by atoms with E-state index in [4.69, 9.17) is 3.32 Å². The maximum Gasteiger partial charge on any atom is -0.147 e. The summed E-state index contributed by atoms with van der Waals surface area (Å²) in [5.41, 5.74) is 0. The van der Waals surface area contributed by atoms with E-state index in [1.54, 1.807) is 20.8 Å². The Morgan fingerprint density at radius 2 is 1.55 bits per heavy atom. The fourth-order valence-electron chi connectivity index (χ4n) is 0.601. The van der Waals surface area contributed by atoms with Crippen molar-refractivity contribution in [3.63, 3.8) is 0 Å². The van der Waals surface area contributed by atoms with Crippen molar-refractivity contribution < 1.29 is 24.1 Å². The first-order chi connectivity index (χ1) is 3.91. The minimum Gasteiger partial charge on any atom is -0.147 e. The zero-order valence-corrected chi connectivity index (χ0v) is 10.7. The van der Waals surface area contributed by atoms with Gasteiger partial charge in [-0.15, -0.1) is 37.2 Å². The topological polar surface area (TPSA) is 9.23 Å². The van der Waals surface area contributed by atoms with Crippen molar-refractivity contribution in [2.75, 3.05) is 6.61 Å². The molecule has 71 valence electrons. The molecule has 0 aromatic rings. The van der Waals surface area contributed by atoms with Gasteiger partial charge in [-0.3, -0.25) is 0 Å². The average Bonchev–Trinajstić information content (AvgIpc) is 1.81. The van der Waals surface area contributed by atoms with E-state index in [-0.39, 0.29) is 37.2 Å². The summed E-state index contributed by atoms with van der Waals surface area (Å²) in [6.45, 7) is 3.15. The molecule has 0 unspecified atom stereocenters. The molecule has 0 rings (SSSR count). The predicted octanol–water partition coefficient (Wildman–Crippen LogP) is 3.31. The van der Waals surface area contributed by atoms with Crippen molar-refractivity contribution in [3.8, 4) is 0 Å². The van der Waals surface area contributed by atoms with Gasteiger partial charge < -0.3 is 0 Å². The Labute approximate surface area is 100 Å². The Hall–Kier alpha value is 1.54. The van der Waals surface area contributed by atoms with Crippen LogP contribution >= 0.6 is 37.2 Å². The van der Waals surface area contributed by atoms with Crippen molar-refractivity contribution >= 4 is 37.2 Å². The van der Waals surface area contributed by atoms with Crippen LogP contribution in [0.3, 0.4) is 0 Å². The summed E-state index contributed by atoms with van der Waals surface area (Å²) in [6.07, 6.45) is 5.21. The Bertz CT molecular complexity index is 42.8. The second kappa shape index (κ2) is 22.6. The Morgan fingerprint density at radius 1 is 1.00 bits per heavy atom. The van der Waals surface area contributed by atoms with E-state index in [2.05, 4.69) is 6.92 Å². The maximum absolute atomic E-state index is 4.89. The van der Waals surface area contributed by atoms with Crippen LogP contribution < -0.4 is 0 Å². The van der Waals surface area contributed by atoms with Gasteiger partial charge in [0.15, 0.2) is 0 Å². The molecule has 5 heteroatoms. The van der Waals surface area contributed by atoms with E-state index in [9.17, 15) is 0 Å². The van der Waals surface area contributed by atoms with Gasteiger partial charge in [0, 0.05) is 0 Å². The van der Waals surface area contributed by atoms with Gasteiger partial charge >= 0.3 is 63.4 Å². The molecule has 0 saturated carbocycles. The smallest absolute Gasteiger partial charge is 0.147 e. The molecule has 0 radical (unpaired) electrons. The molecule has 1 nitrogen and oxygen atoms in total. The third-order valence-electron chi connectivity index (χ3n) is 1.10. The van der Waals surface area contributed by atoms with Gasteiger partial charge in [-0.25, -0.2) is 0 Å². The summed E-state index contributed by atoms with van der Waals surface area (Å²) < 4.78 is 4.89. The van der Waals surface area contributed by atoms with Gasteiger partial charge in [-0.1, -0.05) is 0 Å². The summed E-state index contributed by atoms with van der Waals surface area (Å²) in [5.74, 6) is 0. The fraction of sp³-hybridized carbons (Fsp3) is 1.00. The van der Waals surface area contributed by atoms with Gasteiger partial charge in [0.25, 0.3) is 0 Å². The summed E-state index contributed by atoms with van der Waals surface area (Å²) in [6, 6.07) is 0. The van der Waals surface area contributed by atoms with Crippen LogP contribution in [0.15, 0.2) is 0 Å². The molecule has 0 atom stereocenters. The van der Waals surface area contributed by atoms with Gasteiger partial charge in [0.2, 0.25) is 0 Å². The van der Waals surface area contributed by atoms with Crippen LogP contribution in [0.1, 0.15) is 32.6 Å². The van der Waals surface area contributed by atoms with Crippen molar-refractivity contribution in [3.05, 3.63) is 0 Å². The molecule has 0 aromatic heterocycles. The fourth-order valence-corrected chi connectivity index (χ4v) is 0.826. The normalized spacial score (nSPS) is 6.91. The summed E-state index contributed by atoms with van der Waals surface area (Å²) in [5, 5.41) is 0. The minimum absolute atomic E-state index is 0. The quantitative estimate of drug-likeness (QED) is 0.543. The Morgan fingerprint density at radius 3 is 1.91 bits per heavy atom. The number of rotatable bonds is 5. The Kier molecular flexibility index (Phi) is 46.9. The van der Waals surface area contributed by atoms with Gasteiger partial charge in [-0.05, 0) is 0 Å². The zero-order valence-electron chi connectivity index (χ0n) is 6.67. The standard InChI is InChI=1S/C6H13O.3ClH.Ti/c1-2-3-4-5-6-7;;;;/h2-6H2,1H3;3*1H;/q-1;;;;+1. The summed E-state index contributed by atoms with van der Waals surface area (Å²) in [4.78, 5) is 0. The second-order valence-corrected chi connectivity index (χ2v) is 2.36. The third-order valence-corrected chi connectivity index (χ3v) is 1.42. The molecule has 0 aliphatic heterocycles. The number of hydrogen-bond acceptors (Lipinski definition) is 1. The van der Waals surface area contributed by atoms with Crippen LogP contribution in [-0.2, 0) is 24.1 Å². The van der Waals surface area contributed by atoms with Gasteiger partial charge in [0.05, 0.1) is 0 Å². The van der Waals surface area contributed by atoms with Crippen molar-refractivity contribution in [1.82, 2.24) is 0 Å². The molecule has 0 saturated heterocycles. The molecular formula is C6H16Cl3OTi. The molecule has 11 heavy (non-hydrogen) atoms. The molecule has 0 bridgehead atoms. The molecule has 0 fully saturated rings. The van der Waals surface area contributed by atoms with Crippen LogP contribution in [0.2, 0.25) is 0 Å². The van der Waals surface area contributed by atoms with E-state index in [1.807, 2.05) is 0 Å². The first kappa shape index (κ1) is 22.9. The van der Waals surface area contributed by atoms with Crippen LogP contribution in [0, 0.1) is 0 Å². The van der Waals surface area contributed by atoms with Crippen LogP contribution in [-0.4, -0.2) is 6.61 Å². The molecule has 0 heterocycles. The Balaban J connectivity index is -0.0000000817. The third kappa shape index (κ3) is 24.6. The maximum atomic E-state index is 4.89. The van der Waals surface area contributed by atoms with E-state index in [0.717, 1.165) is 6.61 Å². The van der Waals surface area contributed by atoms with Crippen LogP contribution in [0.4, 0.5) is 0 Å². The molecule has 0 aliphatic rings. The predicted molar refractivity (Wildman–Crippen MR) is 51.8 cm³/mol. The summed E-state index contributed by atoms with van der Waals surface area (Å²) in [7, 11) is 0. The molecule has 0 spiro atoms. The number of unbranched alkanes of at least 4 members (excludes halogenated alkanes) is 3. The molecule has 0 aromatic carbocycles. The first-order valence-corrected chi connectivity index (χ1v) is 3.84. The molecule has 0 aliphatic carbocycles. The largest absolute Gasteiger partial charge is 0.147 e. The van der Waals surface area contributed by atoms with Crippen LogP contribution in [0.25, 0.3) is 0 Å². The van der Waals surface area contributed by atoms with E-state index in [0.29, 0.717) is 0 Å². The number of halogens is 3. The van der Waals surface area contributed by atoms with E-state index in [1.165, 1.54) is 25.7 Å². The average molecular weight is 258 g/mol. The molecular weight excluding hydrogens is 242 g/mol. The first-order valence-electron chi connectivity index (χ1n) is 3.20. The van der Waals surface area contributed by atoms with Crippen LogP contribution in [0.5, 0.6) is 0 Å². The molecule has 0 N–H and O–H groups in total. The second-order valence-electron chi connectivity index (χ2n) is 1.91. The zero-order chi connectivity index (χ0) is 6.24. The van der Waals surface area contributed by atoms with E-state index < -0.39 is 0 Å².